The molecule has 10 heteroatoms. The van der Waals surface area contributed by atoms with Crippen molar-refractivity contribution in [2.24, 2.45) is 0 Å². The van der Waals surface area contributed by atoms with Crippen LogP contribution >= 0.6 is 11.9 Å². The molecule has 1 aliphatic heterocycles. The van der Waals surface area contributed by atoms with Crippen molar-refractivity contribution in [2.75, 3.05) is 37.7 Å². The summed E-state index contributed by atoms with van der Waals surface area (Å²) in [6, 6.07) is 16.2. The summed E-state index contributed by atoms with van der Waals surface area (Å²) in [6.07, 6.45) is 6.16. The molecule has 7 nitrogen and oxygen atoms in total. The number of halogens is 2. The summed E-state index contributed by atoms with van der Waals surface area (Å²) in [6.45, 7) is 1.14. The van der Waals surface area contributed by atoms with E-state index >= 15 is 0 Å². The van der Waals surface area contributed by atoms with E-state index in [4.69, 9.17) is 4.42 Å². The fourth-order valence-corrected chi connectivity index (χ4v) is 6.45. The molecule has 1 fully saturated rings. The van der Waals surface area contributed by atoms with E-state index in [-0.39, 0.29) is 23.5 Å². The average molecular weight is 617 g/mol. The summed E-state index contributed by atoms with van der Waals surface area (Å²) in [5, 5.41) is 14.7. The van der Waals surface area contributed by atoms with Gasteiger partial charge in [0.15, 0.2) is 0 Å². The minimum atomic E-state index is -1.02. The Labute approximate surface area is 259 Å². The normalized spacial score (nSPS) is 16.0. The van der Waals surface area contributed by atoms with Crippen LogP contribution in [0.25, 0.3) is 33.4 Å². The lowest BCUT2D eigenvalue weighted by molar-refractivity contribution is 0.0708. The van der Waals surface area contributed by atoms with Gasteiger partial charge in [-0.15, -0.1) is 0 Å². The number of aromatic amines is 1. The van der Waals surface area contributed by atoms with Gasteiger partial charge in [0, 0.05) is 72.8 Å². The first kappa shape index (κ1) is 29.9. The SMILES string of the molecule is CNC(O)c1c(-c2ccc(F)cc2)oc2cc(N(C)SC)c([C@@H]3CCCN(C(=O)c4c[nH]cc4-c4ccc(F)cc4)C3)cc12. The third-order valence-corrected chi connectivity index (χ3v) is 9.17. The van der Waals surface area contributed by atoms with Crippen LogP contribution in [0.2, 0.25) is 0 Å². The molecule has 0 spiro atoms. The minimum absolute atomic E-state index is 0.0265. The van der Waals surface area contributed by atoms with E-state index in [1.807, 2.05) is 24.3 Å². The van der Waals surface area contributed by atoms with Crippen LogP contribution in [-0.4, -0.2) is 54.3 Å². The number of benzene rings is 3. The number of furan rings is 1. The molecule has 3 N–H and O–H groups in total. The Morgan fingerprint density at radius 3 is 2.43 bits per heavy atom. The van der Waals surface area contributed by atoms with Gasteiger partial charge in [0.1, 0.15) is 29.2 Å². The predicted octanol–water partition coefficient (Wildman–Crippen LogP) is 7.32. The molecule has 6 rings (SSSR count). The van der Waals surface area contributed by atoms with Gasteiger partial charge in [0.25, 0.3) is 5.91 Å². The summed E-state index contributed by atoms with van der Waals surface area (Å²) in [5.74, 6) is -0.264. The number of piperidine rings is 1. The molecule has 3 heterocycles. The summed E-state index contributed by atoms with van der Waals surface area (Å²) < 4.78 is 35.7. The highest BCUT2D eigenvalue weighted by molar-refractivity contribution is 7.99. The number of likely N-dealkylation sites (tertiary alicyclic amines) is 1. The second kappa shape index (κ2) is 12.5. The number of fused-ring (bicyclic) bond motifs is 1. The third-order valence-electron chi connectivity index (χ3n) is 8.42. The van der Waals surface area contributed by atoms with Crippen molar-refractivity contribution in [1.82, 2.24) is 15.2 Å². The predicted molar refractivity (Wildman–Crippen MR) is 172 cm³/mol. The molecule has 5 aromatic rings. The van der Waals surface area contributed by atoms with Crippen LogP contribution in [0, 0.1) is 11.6 Å². The first-order chi connectivity index (χ1) is 21.3. The average Bonchev–Trinajstić information content (AvgIpc) is 3.69. The van der Waals surface area contributed by atoms with Crippen LogP contribution in [-0.2, 0) is 0 Å². The maximum Gasteiger partial charge on any atom is 0.256 e. The monoisotopic (exact) mass is 616 g/mol. The molecule has 228 valence electrons. The molecular formula is C34H34F2N4O3S. The summed E-state index contributed by atoms with van der Waals surface area (Å²) in [7, 11) is 3.66. The van der Waals surface area contributed by atoms with Crippen LogP contribution in [0.1, 0.15) is 46.5 Å². The number of H-pyrrole nitrogens is 1. The van der Waals surface area contributed by atoms with E-state index in [1.165, 1.54) is 24.3 Å². The Hall–Kier alpha value is -4.12. The lowest BCUT2D eigenvalue weighted by Crippen LogP contribution is -2.39. The summed E-state index contributed by atoms with van der Waals surface area (Å²) in [4.78, 5) is 18.8. The molecule has 1 saturated heterocycles. The van der Waals surface area contributed by atoms with Crippen molar-refractivity contribution in [3.05, 3.63) is 101 Å². The highest BCUT2D eigenvalue weighted by atomic mass is 32.2. The number of aromatic nitrogens is 1. The van der Waals surface area contributed by atoms with Crippen molar-refractivity contribution in [1.29, 1.82) is 0 Å². The van der Waals surface area contributed by atoms with Gasteiger partial charge in [-0.3, -0.25) is 10.1 Å². The Morgan fingerprint density at radius 1 is 1.09 bits per heavy atom. The van der Waals surface area contributed by atoms with Gasteiger partial charge in [-0.2, -0.15) is 0 Å². The van der Waals surface area contributed by atoms with Crippen LogP contribution in [0.15, 0.2) is 77.5 Å². The fraction of sp³-hybridized carbons (Fsp3) is 0.265. The summed E-state index contributed by atoms with van der Waals surface area (Å²) >= 11 is 1.57. The quantitative estimate of drug-likeness (QED) is 0.125. The number of rotatable bonds is 8. The molecular weight excluding hydrogens is 582 g/mol. The first-order valence-corrected chi connectivity index (χ1v) is 15.7. The zero-order valence-electron chi connectivity index (χ0n) is 24.7. The van der Waals surface area contributed by atoms with Crippen LogP contribution in [0.4, 0.5) is 14.5 Å². The fourth-order valence-electron chi connectivity index (χ4n) is 6.09. The van der Waals surface area contributed by atoms with Gasteiger partial charge in [0.05, 0.1) is 11.3 Å². The lowest BCUT2D eigenvalue weighted by Gasteiger charge is -2.35. The van der Waals surface area contributed by atoms with Gasteiger partial charge in [-0.25, -0.2) is 8.78 Å². The van der Waals surface area contributed by atoms with Gasteiger partial charge in [-0.05, 0) is 73.5 Å². The molecule has 1 amide bonds. The van der Waals surface area contributed by atoms with Crippen molar-refractivity contribution >= 4 is 34.5 Å². The second-order valence-corrected chi connectivity index (χ2v) is 11.9. The number of carbonyl (C=O) groups excluding carboxylic acids is 1. The molecule has 0 radical (unpaired) electrons. The molecule has 0 bridgehead atoms. The smallest absolute Gasteiger partial charge is 0.256 e. The minimum Gasteiger partial charge on any atom is -0.456 e. The highest BCUT2D eigenvalue weighted by Gasteiger charge is 2.31. The van der Waals surface area contributed by atoms with E-state index < -0.39 is 6.23 Å². The number of hydrogen-bond acceptors (Lipinski definition) is 6. The van der Waals surface area contributed by atoms with E-state index in [1.54, 1.807) is 55.7 Å². The standard InChI is InChI=1S/C34H34F2N4O3S/c1-37-33(41)31-26-15-25(29(39(2)44-3)16-30(26)43-32(31)21-8-12-24(36)13-9-21)22-5-4-14-40(19-22)34(42)28-18-38-17-27(28)20-6-10-23(35)11-7-20/h6-13,15-18,22,33,37-38,41H,4-5,14,19H2,1-3H3/t22-,33?/m1/s1. The highest BCUT2D eigenvalue weighted by Crippen LogP contribution is 2.44. The Kier molecular flexibility index (Phi) is 8.48. The van der Waals surface area contributed by atoms with Gasteiger partial charge >= 0.3 is 0 Å². The summed E-state index contributed by atoms with van der Waals surface area (Å²) in [5.41, 5.74) is 5.91. The Balaban J connectivity index is 1.39. The van der Waals surface area contributed by atoms with Crippen molar-refractivity contribution in [3.8, 4) is 22.5 Å². The van der Waals surface area contributed by atoms with Crippen LogP contribution < -0.4 is 9.62 Å². The number of nitrogens with one attached hydrogen (secondary N) is 2. The van der Waals surface area contributed by atoms with E-state index in [0.29, 0.717) is 41.1 Å². The molecule has 1 unspecified atom stereocenters. The maximum absolute atomic E-state index is 13.9. The first-order valence-electron chi connectivity index (χ1n) is 14.5. The zero-order chi connectivity index (χ0) is 31.0. The van der Waals surface area contributed by atoms with E-state index in [0.717, 1.165) is 40.6 Å². The molecule has 3 aromatic carbocycles. The van der Waals surface area contributed by atoms with Gasteiger partial charge in [-0.1, -0.05) is 24.1 Å². The number of nitrogens with zero attached hydrogens (tertiary/aromatic N) is 2. The van der Waals surface area contributed by atoms with Crippen LogP contribution in [0.3, 0.4) is 0 Å². The molecule has 0 aliphatic carbocycles. The molecule has 2 atom stereocenters. The van der Waals surface area contributed by atoms with Gasteiger partial charge in [0.2, 0.25) is 0 Å². The Morgan fingerprint density at radius 2 is 1.77 bits per heavy atom. The van der Waals surface area contributed by atoms with Crippen LogP contribution in [0.5, 0.6) is 0 Å². The largest absolute Gasteiger partial charge is 0.456 e. The Bertz CT molecular complexity index is 1790. The number of aliphatic hydroxyl groups excluding tert-OH is 1. The second-order valence-electron chi connectivity index (χ2n) is 11.0. The van der Waals surface area contributed by atoms with Gasteiger partial charge < -0.3 is 23.7 Å². The van der Waals surface area contributed by atoms with Crippen molar-refractivity contribution in [3.63, 3.8) is 0 Å². The van der Waals surface area contributed by atoms with Crippen molar-refractivity contribution in [2.45, 2.75) is 25.0 Å². The maximum atomic E-state index is 13.9. The molecule has 1 aliphatic rings. The van der Waals surface area contributed by atoms with E-state index in [9.17, 15) is 18.7 Å². The number of anilines is 1. The van der Waals surface area contributed by atoms with Crippen molar-refractivity contribution < 1.29 is 23.1 Å². The topological polar surface area (TPSA) is 84.7 Å². The number of carbonyl (C=O) groups is 1. The zero-order valence-corrected chi connectivity index (χ0v) is 25.6. The molecule has 2 aromatic heterocycles. The number of amides is 1. The number of hydrogen-bond donors (Lipinski definition) is 3. The number of aliphatic hydroxyl groups is 1. The molecule has 0 saturated carbocycles. The molecule has 44 heavy (non-hydrogen) atoms. The lowest BCUT2D eigenvalue weighted by atomic mass is 9.87. The third kappa shape index (κ3) is 5.60. The van der Waals surface area contributed by atoms with E-state index in [2.05, 4.69) is 20.7 Å².